The van der Waals surface area contributed by atoms with Crippen LogP contribution in [0, 0.1) is 18.7 Å². The molecule has 0 aromatic heterocycles. The molecule has 2 saturated heterocycles. The number of anilines is 1. The molecule has 0 radical (unpaired) electrons. The molecule has 6 nitrogen and oxygen atoms in total. The van der Waals surface area contributed by atoms with Gasteiger partial charge in [-0.25, -0.2) is 4.39 Å². The van der Waals surface area contributed by atoms with Crippen molar-refractivity contribution in [2.45, 2.75) is 51.6 Å². The smallest absolute Gasteiger partial charge is 0.241 e. The second kappa shape index (κ2) is 9.47. The number of amides is 2. The van der Waals surface area contributed by atoms with Gasteiger partial charge in [-0.3, -0.25) is 14.5 Å². The molecule has 2 aliphatic heterocycles. The number of aryl methyl sites for hydroxylation is 1. The Balaban J connectivity index is 1.48. The van der Waals surface area contributed by atoms with Gasteiger partial charge in [0.15, 0.2) is 0 Å². The van der Waals surface area contributed by atoms with E-state index in [9.17, 15) is 14.0 Å². The number of piperidine rings is 1. The number of carbonyl (C=O) groups is 2. The zero-order chi connectivity index (χ0) is 20.1. The van der Waals surface area contributed by atoms with E-state index in [0.29, 0.717) is 23.7 Å². The van der Waals surface area contributed by atoms with Crippen LogP contribution >= 0.6 is 0 Å². The van der Waals surface area contributed by atoms with Gasteiger partial charge in [-0.15, -0.1) is 0 Å². The zero-order valence-electron chi connectivity index (χ0n) is 16.8. The first-order chi connectivity index (χ1) is 13.4. The quantitative estimate of drug-likeness (QED) is 0.695. The molecule has 3 N–H and O–H groups in total. The molecule has 2 heterocycles. The third-order valence-electron chi connectivity index (χ3n) is 5.86. The van der Waals surface area contributed by atoms with Crippen molar-refractivity contribution in [3.63, 3.8) is 0 Å². The van der Waals surface area contributed by atoms with E-state index in [1.165, 1.54) is 6.07 Å². The summed E-state index contributed by atoms with van der Waals surface area (Å²) in [6.45, 7) is 6.75. The van der Waals surface area contributed by atoms with E-state index in [2.05, 4.69) is 20.9 Å². The van der Waals surface area contributed by atoms with Crippen LogP contribution in [0.1, 0.15) is 38.2 Å². The summed E-state index contributed by atoms with van der Waals surface area (Å²) in [6, 6.07) is 4.37. The van der Waals surface area contributed by atoms with Crippen molar-refractivity contribution in [3.05, 3.63) is 29.6 Å². The molecule has 3 atom stereocenters. The third kappa shape index (κ3) is 5.29. The van der Waals surface area contributed by atoms with Crippen LogP contribution in [0.2, 0.25) is 0 Å². The van der Waals surface area contributed by atoms with Gasteiger partial charge in [0.25, 0.3) is 0 Å². The van der Waals surface area contributed by atoms with Crippen LogP contribution in [0.4, 0.5) is 10.1 Å². The Bertz CT molecular complexity index is 706. The summed E-state index contributed by atoms with van der Waals surface area (Å²) < 4.78 is 13.7. The largest absolute Gasteiger partial charge is 0.354 e. The van der Waals surface area contributed by atoms with E-state index < -0.39 is 0 Å². The molecule has 0 aliphatic carbocycles. The molecule has 28 heavy (non-hydrogen) atoms. The van der Waals surface area contributed by atoms with Crippen LogP contribution in [-0.2, 0) is 9.59 Å². The van der Waals surface area contributed by atoms with E-state index in [1.54, 1.807) is 19.1 Å². The van der Waals surface area contributed by atoms with Gasteiger partial charge in [0.1, 0.15) is 5.82 Å². The van der Waals surface area contributed by atoms with Crippen molar-refractivity contribution in [1.82, 2.24) is 15.5 Å². The van der Waals surface area contributed by atoms with Gasteiger partial charge < -0.3 is 16.0 Å². The van der Waals surface area contributed by atoms with E-state index in [-0.39, 0.29) is 29.7 Å². The maximum absolute atomic E-state index is 13.7. The van der Waals surface area contributed by atoms with Crippen LogP contribution in [0.5, 0.6) is 0 Å². The summed E-state index contributed by atoms with van der Waals surface area (Å²) in [5.41, 5.74) is 1.03. The summed E-state index contributed by atoms with van der Waals surface area (Å²) in [5, 5.41) is 9.09. The van der Waals surface area contributed by atoms with Crippen molar-refractivity contribution < 1.29 is 14.0 Å². The van der Waals surface area contributed by atoms with Crippen molar-refractivity contribution >= 4 is 17.5 Å². The van der Waals surface area contributed by atoms with Crippen LogP contribution in [0.3, 0.4) is 0 Å². The number of hydrogen-bond acceptors (Lipinski definition) is 4. The lowest BCUT2D eigenvalue weighted by Gasteiger charge is -2.36. The minimum atomic E-state index is -0.323. The van der Waals surface area contributed by atoms with E-state index in [4.69, 9.17) is 0 Å². The first kappa shape index (κ1) is 20.7. The molecule has 154 valence electrons. The fourth-order valence-electron chi connectivity index (χ4n) is 3.98. The molecule has 3 rings (SSSR count). The van der Waals surface area contributed by atoms with E-state index in [1.807, 2.05) is 6.92 Å². The second-order valence-electron chi connectivity index (χ2n) is 8.03. The Labute approximate surface area is 166 Å². The minimum Gasteiger partial charge on any atom is -0.354 e. The van der Waals surface area contributed by atoms with Gasteiger partial charge in [0.05, 0.1) is 12.1 Å². The molecule has 0 saturated carbocycles. The maximum Gasteiger partial charge on any atom is 0.241 e. The average Bonchev–Trinajstić information content (AvgIpc) is 3.23. The monoisotopic (exact) mass is 390 g/mol. The Morgan fingerprint density at radius 3 is 2.86 bits per heavy atom. The van der Waals surface area contributed by atoms with Gasteiger partial charge in [-0.2, -0.15) is 0 Å². The van der Waals surface area contributed by atoms with Crippen LogP contribution < -0.4 is 16.0 Å². The molecular formula is C21H31FN4O2. The fraction of sp³-hybridized carbons (Fsp3) is 0.619. The highest BCUT2D eigenvalue weighted by Gasteiger charge is 2.29. The molecular weight excluding hydrogens is 359 g/mol. The van der Waals surface area contributed by atoms with Gasteiger partial charge in [0.2, 0.25) is 11.8 Å². The minimum absolute atomic E-state index is 0.0562. The highest BCUT2D eigenvalue weighted by molar-refractivity contribution is 5.94. The fourth-order valence-corrected chi connectivity index (χ4v) is 3.98. The molecule has 3 unspecified atom stereocenters. The lowest BCUT2D eigenvalue weighted by atomic mass is 9.96. The summed E-state index contributed by atoms with van der Waals surface area (Å²) in [5.74, 6) is -0.0351. The standard InChI is InChI=1S/C21H31FN4O2/c1-14-7-8-17(11-18(14)22)25-20(27)15(2)26-10-4-5-16(13-26)12-24-21(28)19-6-3-9-23-19/h7-8,11,15-16,19,23H,3-6,9-10,12-13H2,1-2H3,(H,24,28)(H,25,27). The molecule has 2 aliphatic rings. The SMILES string of the molecule is Cc1ccc(NC(=O)C(C)N2CCCC(CNC(=O)C3CCCN3)C2)cc1F. The number of likely N-dealkylation sites (tertiary alicyclic amines) is 1. The second-order valence-corrected chi connectivity index (χ2v) is 8.03. The van der Waals surface area contributed by atoms with Crippen molar-refractivity contribution in [2.75, 3.05) is 31.5 Å². The number of nitrogens with zero attached hydrogens (tertiary/aromatic N) is 1. The molecule has 1 aromatic rings. The Kier molecular flexibility index (Phi) is 7.02. The van der Waals surface area contributed by atoms with E-state index in [0.717, 1.165) is 45.3 Å². The molecule has 2 amide bonds. The van der Waals surface area contributed by atoms with Gasteiger partial charge >= 0.3 is 0 Å². The summed E-state index contributed by atoms with van der Waals surface area (Å²) in [4.78, 5) is 26.9. The number of halogens is 1. The number of rotatable bonds is 6. The Morgan fingerprint density at radius 2 is 2.14 bits per heavy atom. The number of nitrogens with one attached hydrogen (secondary N) is 3. The Hall–Kier alpha value is -1.99. The lowest BCUT2D eigenvalue weighted by Crippen LogP contribution is -2.50. The van der Waals surface area contributed by atoms with Gasteiger partial charge in [-0.1, -0.05) is 6.07 Å². The summed E-state index contributed by atoms with van der Waals surface area (Å²) in [6.07, 6.45) is 4.00. The normalized spacial score (nSPS) is 24.0. The summed E-state index contributed by atoms with van der Waals surface area (Å²) in [7, 11) is 0. The van der Waals surface area contributed by atoms with Crippen LogP contribution in [0.25, 0.3) is 0 Å². The Morgan fingerprint density at radius 1 is 1.32 bits per heavy atom. The maximum atomic E-state index is 13.7. The van der Waals surface area contributed by atoms with Crippen molar-refractivity contribution in [2.24, 2.45) is 5.92 Å². The average molecular weight is 391 g/mol. The van der Waals surface area contributed by atoms with Crippen molar-refractivity contribution in [1.29, 1.82) is 0 Å². The van der Waals surface area contributed by atoms with Crippen molar-refractivity contribution in [3.8, 4) is 0 Å². The molecule has 1 aromatic carbocycles. The van der Waals surface area contributed by atoms with Crippen LogP contribution in [0.15, 0.2) is 18.2 Å². The lowest BCUT2D eigenvalue weighted by molar-refractivity contribution is -0.124. The molecule has 2 fully saturated rings. The first-order valence-corrected chi connectivity index (χ1v) is 10.3. The number of benzene rings is 1. The molecule has 0 spiro atoms. The first-order valence-electron chi connectivity index (χ1n) is 10.3. The number of carbonyl (C=O) groups excluding carboxylic acids is 2. The predicted molar refractivity (Wildman–Crippen MR) is 108 cm³/mol. The summed E-state index contributed by atoms with van der Waals surface area (Å²) >= 11 is 0. The highest BCUT2D eigenvalue weighted by Crippen LogP contribution is 2.20. The van der Waals surface area contributed by atoms with E-state index >= 15 is 0 Å². The molecule has 7 heteroatoms. The number of hydrogen-bond donors (Lipinski definition) is 3. The third-order valence-corrected chi connectivity index (χ3v) is 5.86. The van der Waals surface area contributed by atoms with Crippen LogP contribution in [-0.4, -0.2) is 55.0 Å². The molecule has 0 bridgehead atoms. The topological polar surface area (TPSA) is 73.5 Å². The highest BCUT2D eigenvalue weighted by atomic mass is 19.1. The predicted octanol–water partition coefficient (Wildman–Crippen LogP) is 2.04. The van der Waals surface area contributed by atoms with Gasteiger partial charge in [0, 0.05) is 18.8 Å². The van der Waals surface area contributed by atoms with Gasteiger partial charge in [-0.05, 0) is 76.2 Å². The zero-order valence-corrected chi connectivity index (χ0v) is 16.8.